The van der Waals surface area contributed by atoms with Gasteiger partial charge in [0.2, 0.25) is 0 Å². The summed E-state index contributed by atoms with van der Waals surface area (Å²) in [6, 6.07) is 149. The number of benzene rings is 17. The van der Waals surface area contributed by atoms with Crippen LogP contribution in [0.15, 0.2) is 413 Å². The lowest BCUT2D eigenvalue weighted by atomic mass is 9.66. The van der Waals surface area contributed by atoms with Crippen molar-refractivity contribution >= 4 is 0 Å². The Labute approximate surface area is 679 Å². The fraction of sp³-hybridized carbons (Fsp3) is 0.0270. The third-order valence-corrected chi connectivity index (χ3v) is 24.8. The Morgan fingerprint density at radius 3 is 0.846 bits per heavy atom. The molecule has 19 aromatic rings. The molecule has 0 amide bonds. The first kappa shape index (κ1) is 67.5. The second kappa shape index (κ2) is 27.3. The van der Waals surface area contributed by atoms with Crippen LogP contribution in [-0.2, 0) is 17.3 Å². The van der Waals surface area contributed by atoms with Crippen LogP contribution in [0, 0.1) is 0 Å². The molecule has 0 N–H and O–H groups in total. The van der Waals surface area contributed by atoms with Gasteiger partial charge in [-0.15, -0.1) is 0 Å². The molecule has 0 saturated carbocycles. The maximum absolute atomic E-state index is 5.40. The molecule has 0 saturated heterocycles. The summed E-state index contributed by atoms with van der Waals surface area (Å²) in [7, 11) is 0. The van der Waals surface area contributed by atoms with Crippen molar-refractivity contribution in [1.29, 1.82) is 0 Å². The Morgan fingerprint density at radius 1 is 0.145 bits per heavy atom. The summed E-state index contributed by atoms with van der Waals surface area (Å²) in [5.74, 6) is 3.88. The Kier molecular flexibility index (Phi) is 15.7. The lowest BCUT2D eigenvalue weighted by Gasteiger charge is -2.35. The van der Waals surface area contributed by atoms with E-state index in [0.717, 1.165) is 67.6 Å². The van der Waals surface area contributed by atoms with Crippen LogP contribution in [0.25, 0.3) is 168 Å². The van der Waals surface area contributed by atoms with Gasteiger partial charge in [0.1, 0.15) is 0 Å². The standard InChI is InChI=1S/C58H37N3.C53H33N3/c1-3-17-38(18-4-1)40-33-35-41(36-34-40)55-59-56(43-22-15-21-42(37-43)39-19-5-2-6-20-39)61-57(60-55)49-28-16-32-53-54(49)48-27-11-14-31-52(48)58(53)50-29-12-9-25-46(50)44-23-7-8-24-45(44)47-26-10-13-30-51(47)58;1-2-15-33(16-3-1)50-54-51(36-30-29-35-31-34-17-4-5-18-37(34)44(35)32-36)56-52(55-50)43-24-14-28-48-49(43)42-23-10-13-27-47(42)53(48)45-25-11-8-21-40(45)38-19-6-7-20-39(38)41-22-9-12-26-46(41)53/h1-37H;1-30,32H,31H2. The smallest absolute Gasteiger partial charge is 0.164 e. The normalized spacial score (nSPS) is 13.1. The first-order chi connectivity index (χ1) is 58.0. The molecule has 5 aliphatic carbocycles. The summed E-state index contributed by atoms with van der Waals surface area (Å²) in [5.41, 5.74) is 39.1. The van der Waals surface area contributed by atoms with Gasteiger partial charge in [0, 0.05) is 33.4 Å². The monoisotopic (exact) mass is 1490 g/mol. The Bertz CT molecular complexity index is 7100. The first-order valence-electron chi connectivity index (χ1n) is 40.2. The van der Waals surface area contributed by atoms with E-state index in [1.807, 2.05) is 30.3 Å². The summed E-state index contributed by atoms with van der Waals surface area (Å²) in [6.07, 6.45) is 0.943. The Balaban J connectivity index is 0.000000138. The van der Waals surface area contributed by atoms with Crippen LogP contribution in [0.4, 0.5) is 0 Å². The minimum Gasteiger partial charge on any atom is -0.208 e. The van der Waals surface area contributed by atoms with Gasteiger partial charge in [-0.05, 0) is 174 Å². The number of aromatic nitrogens is 6. The van der Waals surface area contributed by atoms with Gasteiger partial charge >= 0.3 is 0 Å². The lowest BCUT2D eigenvalue weighted by Crippen LogP contribution is -2.29. The van der Waals surface area contributed by atoms with E-state index in [9.17, 15) is 0 Å². The number of hydrogen-bond donors (Lipinski definition) is 0. The molecular formula is C111H70N6. The third-order valence-electron chi connectivity index (χ3n) is 24.8. The van der Waals surface area contributed by atoms with E-state index in [4.69, 9.17) is 29.9 Å². The zero-order chi connectivity index (χ0) is 77.1. The molecule has 0 bridgehead atoms. The summed E-state index contributed by atoms with van der Waals surface area (Å²) >= 11 is 0. The van der Waals surface area contributed by atoms with Gasteiger partial charge in [-0.1, -0.05) is 400 Å². The van der Waals surface area contributed by atoms with Crippen LogP contribution in [0.5, 0.6) is 0 Å². The molecule has 24 rings (SSSR count). The van der Waals surface area contributed by atoms with Crippen LogP contribution in [0.2, 0.25) is 0 Å². The van der Waals surface area contributed by atoms with E-state index in [1.165, 1.54) is 128 Å². The molecule has 544 valence electrons. The quantitative estimate of drug-likeness (QED) is 0.151. The van der Waals surface area contributed by atoms with Crippen molar-refractivity contribution in [3.63, 3.8) is 0 Å². The van der Waals surface area contributed by atoms with E-state index < -0.39 is 10.8 Å². The fourth-order valence-corrected chi connectivity index (χ4v) is 19.8. The Morgan fingerprint density at radius 2 is 0.402 bits per heavy atom. The fourth-order valence-electron chi connectivity index (χ4n) is 19.8. The van der Waals surface area contributed by atoms with E-state index in [0.29, 0.717) is 34.9 Å². The van der Waals surface area contributed by atoms with Crippen molar-refractivity contribution in [2.45, 2.75) is 17.3 Å². The van der Waals surface area contributed by atoms with Gasteiger partial charge in [-0.25, -0.2) is 29.9 Å². The minimum atomic E-state index is -0.607. The minimum absolute atomic E-state index is 0.584. The van der Waals surface area contributed by atoms with Crippen LogP contribution in [-0.4, -0.2) is 29.9 Å². The van der Waals surface area contributed by atoms with Gasteiger partial charge in [0.25, 0.3) is 0 Å². The molecule has 2 aromatic heterocycles. The first-order valence-corrected chi connectivity index (χ1v) is 40.2. The number of hydrogen-bond acceptors (Lipinski definition) is 6. The largest absolute Gasteiger partial charge is 0.208 e. The summed E-state index contributed by atoms with van der Waals surface area (Å²) in [6.45, 7) is 0. The molecule has 17 aromatic carbocycles. The van der Waals surface area contributed by atoms with Gasteiger partial charge in [-0.2, -0.15) is 0 Å². The maximum Gasteiger partial charge on any atom is 0.164 e. The molecule has 0 atom stereocenters. The average Bonchev–Trinajstić information content (AvgIpc) is 1.51. The molecule has 6 heteroatoms. The molecule has 0 aliphatic heterocycles. The van der Waals surface area contributed by atoms with Crippen LogP contribution < -0.4 is 0 Å². The topological polar surface area (TPSA) is 77.3 Å². The van der Waals surface area contributed by atoms with Gasteiger partial charge in [0.15, 0.2) is 34.9 Å². The highest BCUT2D eigenvalue weighted by Gasteiger charge is 2.52. The molecule has 2 spiro atoms. The van der Waals surface area contributed by atoms with Crippen molar-refractivity contribution in [3.05, 3.63) is 468 Å². The van der Waals surface area contributed by atoms with Crippen molar-refractivity contribution in [2.24, 2.45) is 0 Å². The SMILES string of the molecule is c1ccc(-c2ccc(-c3nc(-c4cccc(-c5ccccc5)c4)nc(-c4cccc5c4-c4ccccc4C54c5ccccc5-c5ccccc5-c5ccccc54)n3)cc2)cc1.c1ccc(-c2nc(-c3ccc4c(c3)-c3ccccc3C4)nc(-c3cccc4c3-c3ccccc3C43c4ccccc4-c4ccccc4-c4ccccc43)n2)cc1. The summed E-state index contributed by atoms with van der Waals surface area (Å²) in [4.78, 5) is 31.9. The molecule has 2 heterocycles. The number of rotatable bonds is 8. The van der Waals surface area contributed by atoms with Gasteiger partial charge in [-0.3, -0.25) is 0 Å². The predicted octanol–water partition coefficient (Wildman–Crippen LogP) is 26.7. The number of fused-ring (bicyclic) bond motifs is 27. The van der Waals surface area contributed by atoms with Gasteiger partial charge in [0.05, 0.1) is 10.8 Å². The molecule has 6 nitrogen and oxygen atoms in total. The van der Waals surface area contributed by atoms with E-state index in [1.54, 1.807) is 0 Å². The molecule has 0 fully saturated rings. The average molecular weight is 1490 g/mol. The molecule has 0 radical (unpaired) electrons. The van der Waals surface area contributed by atoms with Crippen molar-refractivity contribution in [3.8, 4) is 168 Å². The Hall–Kier alpha value is -15.2. The van der Waals surface area contributed by atoms with Crippen molar-refractivity contribution in [1.82, 2.24) is 29.9 Å². The maximum atomic E-state index is 5.40. The highest BCUT2D eigenvalue weighted by atomic mass is 15.0. The van der Waals surface area contributed by atoms with Crippen LogP contribution in [0.1, 0.15) is 55.6 Å². The molecule has 117 heavy (non-hydrogen) atoms. The van der Waals surface area contributed by atoms with Crippen molar-refractivity contribution < 1.29 is 0 Å². The van der Waals surface area contributed by atoms with Crippen LogP contribution in [0.3, 0.4) is 0 Å². The predicted molar refractivity (Wildman–Crippen MR) is 475 cm³/mol. The zero-order valence-corrected chi connectivity index (χ0v) is 63.7. The highest BCUT2D eigenvalue weighted by Crippen LogP contribution is 2.65. The molecule has 5 aliphatic rings. The van der Waals surface area contributed by atoms with Gasteiger partial charge < -0.3 is 0 Å². The van der Waals surface area contributed by atoms with E-state index in [-0.39, 0.29) is 0 Å². The van der Waals surface area contributed by atoms with E-state index >= 15 is 0 Å². The number of nitrogens with zero attached hydrogens (tertiary/aromatic N) is 6. The molecular weight excluding hydrogens is 1420 g/mol. The van der Waals surface area contributed by atoms with Crippen LogP contribution >= 0.6 is 0 Å². The highest BCUT2D eigenvalue weighted by molar-refractivity contribution is 6.03. The molecule has 0 unspecified atom stereocenters. The third kappa shape index (κ3) is 10.6. The van der Waals surface area contributed by atoms with Crippen molar-refractivity contribution in [2.75, 3.05) is 0 Å². The summed E-state index contributed by atoms with van der Waals surface area (Å²) in [5, 5.41) is 0. The second-order valence-electron chi connectivity index (χ2n) is 30.9. The second-order valence-corrected chi connectivity index (χ2v) is 30.9. The van der Waals surface area contributed by atoms with E-state index in [2.05, 4.69) is 382 Å². The summed E-state index contributed by atoms with van der Waals surface area (Å²) < 4.78 is 0. The lowest BCUT2D eigenvalue weighted by molar-refractivity contribution is 0.775. The zero-order valence-electron chi connectivity index (χ0n) is 63.7.